The maximum atomic E-state index is 12.1. The molecule has 0 aliphatic rings. The van der Waals surface area contributed by atoms with E-state index in [-0.39, 0.29) is 11.3 Å². The molecule has 7 nitrogen and oxygen atoms in total. The minimum absolute atomic E-state index is 0.0819. The first kappa shape index (κ1) is 17.8. The summed E-state index contributed by atoms with van der Waals surface area (Å²) in [7, 11) is -9.93. The predicted octanol–water partition coefficient (Wildman–Crippen LogP) is 1.95. The van der Waals surface area contributed by atoms with Crippen molar-refractivity contribution < 1.29 is 28.7 Å². The number of rotatable bonds is 4. The van der Waals surface area contributed by atoms with Crippen molar-refractivity contribution in [2.24, 2.45) is 0 Å². The fourth-order valence-electron chi connectivity index (χ4n) is 2.68. The quantitative estimate of drug-likeness (QED) is 0.441. The van der Waals surface area contributed by atoms with E-state index in [1.807, 2.05) is 0 Å². The summed E-state index contributed by atoms with van der Waals surface area (Å²) in [5, 5.41) is -0.675. The second-order valence-electron chi connectivity index (χ2n) is 5.39. The van der Waals surface area contributed by atoms with Gasteiger partial charge in [-0.25, -0.2) is 0 Å². The Labute approximate surface area is 143 Å². The molecule has 0 bridgehead atoms. The van der Waals surface area contributed by atoms with E-state index in [0.717, 1.165) is 0 Å². The third-order valence-electron chi connectivity index (χ3n) is 3.66. The molecule has 1 aromatic heterocycles. The van der Waals surface area contributed by atoms with Crippen LogP contribution in [0.4, 0.5) is 0 Å². The third-order valence-corrected chi connectivity index (χ3v) is 5.79. The molecule has 5 N–H and O–H groups in total. The summed E-state index contributed by atoms with van der Waals surface area (Å²) in [4.78, 5) is 41.3. The normalized spacial score (nSPS) is 12.3. The number of aromatic nitrogens is 1. The molecular formula is C16H15NO6P2. The van der Waals surface area contributed by atoms with Crippen LogP contribution in [0.15, 0.2) is 60.7 Å². The van der Waals surface area contributed by atoms with Gasteiger partial charge in [-0.05, 0) is 11.1 Å². The highest BCUT2D eigenvalue weighted by Gasteiger charge is 2.38. The monoisotopic (exact) mass is 379 g/mol. The molecule has 0 unspecified atom stereocenters. The maximum Gasteiger partial charge on any atom is 0.373 e. The highest BCUT2D eigenvalue weighted by Crippen LogP contribution is 2.46. The minimum atomic E-state index is -4.98. The van der Waals surface area contributed by atoms with Crippen molar-refractivity contribution in [3.05, 3.63) is 60.7 Å². The van der Waals surface area contributed by atoms with Gasteiger partial charge in [0.25, 0.3) is 0 Å². The van der Waals surface area contributed by atoms with Crippen molar-refractivity contribution in [2.75, 3.05) is 0 Å². The number of hydrogen-bond acceptors (Lipinski definition) is 2. The molecule has 0 radical (unpaired) electrons. The van der Waals surface area contributed by atoms with Crippen LogP contribution in [0.5, 0.6) is 0 Å². The van der Waals surface area contributed by atoms with Crippen molar-refractivity contribution in [3.8, 4) is 22.4 Å². The standard InChI is InChI=1S/C16H15NO6P2/c18-24(19,20)15-13(11-7-3-1-4-8-11)14(12-9-5-2-6-10-12)17-16(15)25(21,22)23/h1-10,17H,(H2,18,19,20)(H2,21,22,23). The summed E-state index contributed by atoms with van der Waals surface area (Å²) in [5.74, 6) is 0. The third kappa shape index (κ3) is 3.53. The Morgan fingerprint density at radius 1 is 0.680 bits per heavy atom. The number of aromatic amines is 1. The summed E-state index contributed by atoms with van der Waals surface area (Å²) in [5.41, 5.74) is 0.548. The van der Waals surface area contributed by atoms with Gasteiger partial charge in [0.05, 0.1) is 5.69 Å². The Balaban J connectivity index is 2.46. The van der Waals surface area contributed by atoms with E-state index in [0.29, 0.717) is 11.1 Å². The summed E-state index contributed by atoms with van der Waals surface area (Å²) < 4.78 is 23.9. The Morgan fingerprint density at radius 3 is 1.60 bits per heavy atom. The zero-order chi connectivity index (χ0) is 18.2. The SMILES string of the molecule is O=P(O)(O)c1[nH]c(-c2ccccc2)c(-c2ccccc2)c1P(=O)(O)O. The predicted molar refractivity (Wildman–Crippen MR) is 95.0 cm³/mol. The van der Waals surface area contributed by atoms with E-state index in [2.05, 4.69) is 4.98 Å². The Kier molecular flexibility index (Phi) is 4.56. The summed E-state index contributed by atoms with van der Waals surface area (Å²) in [6.45, 7) is 0. The molecule has 0 aliphatic heterocycles. The molecule has 0 spiro atoms. The lowest BCUT2D eigenvalue weighted by atomic mass is 10.0. The smallest absolute Gasteiger partial charge is 0.347 e. The first-order valence-corrected chi connectivity index (χ1v) is 10.4. The van der Waals surface area contributed by atoms with Crippen LogP contribution in [0.2, 0.25) is 0 Å². The average Bonchev–Trinajstić information content (AvgIpc) is 2.97. The highest BCUT2D eigenvalue weighted by molar-refractivity contribution is 7.67. The maximum absolute atomic E-state index is 12.1. The molecule has 3 aromatic rings. The molecule has 0 aliphatic carbocycles. The molecule has 0 amide bonds. The first-order valence-electron chi connectivity index (χ1n) is 7.18. The zero-order valence-electron chi connectivity index (χ0n) is 12.8. The van der Waals surface area contributed by atoms with Crippen molar-refractivity contribution in [1.29, 1.82) is 0 Å². The van der Waals surface area contributed by atoms with E-state index < -0.39 is 25.9 Å². The van der Waals surface area contributed by atoms with Gasteiger partial charge in [0.2, 0.25) is 0 Å². The lowest BCUT2D eigenvalue weighted by Gasteiger charge is -2.11. The van der Waals surface area contributed by atoms with Crippen LogP contribution >= 0.6 is 15.2 Å². The van der Waals surface area contributed by atoms with Gasteiger partial charge in [0.15, 0.2) is 0 Å². The Morgan fingerprint density at radius 2 is 1.16 bits per heavy atom. The Hall–Kier alpha value is -1.98. The molecule has 0 atom stereocenters. The van der Waals surface area contributed by atoms with Gasteiger partial charge in [-0.3, -0.25) is 9.13 Å². The minimum Gasteiger partial charge on any atom is -0.347 e. The molecule has 3 rings (SSSR count). The first-order chi connectivity index (χ1) is 11.7. The van der Waals surface area contributed by atoms with Crippen LogP contribution in [-0.4, -0.2) is 24.6 Å². The summed E-state index contributed by atoms with van der Waals surface area (Å²) in [6.07, 6.45) is 0. The van der Waals surface area contributed by atoms with Gasteiger partial charge in [0.1, 0.15) is 10.7 Å². The van der Waals surface area contributed by atoms with E-state index in [9.17, 15) is 28.7 Å². The number of H-pyrrole nitrogens is 1. The van der Waals surface area contributed by atoms with Gasteiger partial charge in [-0.15, -0.1) is 0 Å². The molecule has 1 heterocycles. The molecular weight excluding hydrogens is 364 g/mol. The van der Waals surface area contributed by atoms with Gasteiger partial charge >= 0.3 is 15.2 Å². The van der Waals surface area contributed by atoms with Crippen LogP contribution in [0, 0.1) is 0 Å². The lowest BCUT2D eigenvalue weighted by molar-refractivity contribution is 0.380. The van der Waals surface area contributed by atoms with Crippen LogP contribution in [0.25, 0.3) is 22.4 Å². The van der Waals surface area contributed by atoms with Gasteiger partial charge in [-0.1, -0.05) is 60.7 Å². The zero-order valence-corrected chi connectivity index (χ0v) is 14.6. The molecule has 130 valence electrons. The van der Waals surface area contributed by atoms with E-state index >= 15 is 0 Å². The van der Waals surface area contributed by atoms with Crippen molar-refractivity contribution in [2.45, 2.75) is 0 Å². The van der Waals surface area contributed by atoms with Crippen LogP contribution in [0.1, 0.15) is 0 Å². The van der Waals surface area contributed by atoms with E-state index in [1.54, 1.807) is 60.7 Å². The van der Waals surface area contributed by atoms with Crippen LogP contribution < -0.4 is 10.7 Å². The molecule has 9 heteroatoms. The summed E-state index contributed by atoms with van der Waals surface area (Å²) >= 11 is 0. The lowest BCUT2D eigenvalue weighted by Crippen LogP contribution is -2.24. The number of nitrogens with one attached hydrogen (secondary N) is 1. The highest BCUT2D eigenvalue weighted by atomic mass is 31.2. The summed E-state index contributed by atoms with van der Waals surface area (Å²) in [6, 6.07) is 16.9. The van der Waals surface area contributed by atoms with Crippen molar-refractivity contribution >= 4 is 25.9 Å². The molecule has 0 saturated carbocycles. The average molecular weight is 379 g/mol. The molecule has 0 fully saturated rings. The fraction of sp³-hybridized carbons (Fsp3) is 0. The van der Waals surface area contributed by atoms with E-state index in [1.165, 1.54) is 0 Å². The van der Waals surface area contributed by atoms with Crippen LogP contribution in [0.3, 0.4) is 0 Å². The largest absolute Gasteiger partial charge is 0.373 e. The molecule has 0 saturated heterocycles. The van der Waals surface area contributed by atoms with Gasteiger partial charge < -0.3 is 24.6 Å². The number of benzene rings is 2. The van der Waals surface area contributed by atoms with Crippen molar-refractivity contribution in [3.63, 3.8) is 0 Å². The topological polar surface area (TPSA) is 131 Å². The van der Waals surface area contributed by atoms with Crippen molar-refractivity contribution in [1.82, 2.24) is 4.98 Å². The molecule has 25 heavy (non-hydrogen) atoms. The second-order valence-corrected chi connectivity index (χ2v) is 8.46. The second kappa shape index (κ2) is 6.39. The Bertz CT molecular complexity index is 988. The fourth-order valence-corrected chi connectivity index (χ4v) is 4.97. The van der Waals surface area contributed by atoms with Crippen LogP contribution in [-0.2, 0) is 9.13 Å². The molecule has 2 aromatic carbocycles. The van der Waals surface area contributed by atoms with Gasteiger partial charge in [-0.2, -0.15) is 0 Å². The van der Waals surface area contributed by atoms with E-state index in [4.69, 9.17) is 0 Å². The van der Waals surface area contributed by atoms with Gasteiger partial charge in [0, 0.05) is 5.56 Å². The number of hydrogen-bond donors (Lipinski definition) is 5.